The smallest absolute Gasteiger partial charge is 0.128 e. The Hall–Kier alpha value is -3.25. The van der Waals surface area contributed by atoms with Gasteiger partial charge in [0.2, 0.25) is 0 Å². The maximum atomic E-state index is 10.8. The van der Waals surface area contributed by atoms with Gasteiger partial charge in [0, 0.05) is 43.8 Å². The predicted octanol–water partition coefficient (Wildman–Crippen LogP) is 4.94. The van der Waals surface area contributed by atoms with Crippen LogP contribution in [-0.2, 0) is 6.42 Å². The monoisotopic (exact) mass is 481 g/mol. The zero-order valence-electron chi connectivity index (χ0n) is 21.0. The van der Waals surface area contributed by atoms with Gasteiger partial charge in [0.1, 0.15) is 18.5 Å². The number of aliphatic hydroxyl groups is 1. The van der Waals surface area contributed by atoms with Crippen molar-refractivity contribution < 1.29 is 9.84 Å². The zero-order valence-corrected chi connectivity index (χ0v) is 21.0. The number of β-amino-alcohol motifs (C(OH)–C–C–N with tert-alkyl or cyclic N) is 1. The second kappa shape index (κ2) is 11.7. The molecule has 2 heterocycles. The summed E-state index contributed by atoms with van der Waals surface area (Å²) in [5.74, 6) is 0.778. The van der Waals surface area contributed by atoms with Crippen LogP contribution < -0.4 is 4.74 Å². The van der Waals surface area contributed by atoms with E-state index in [1.54, 1.807) is 0 Å². The van der Waals surface area contributed by atoms with E-state index < -0.39 is 6.10 Å². The van der Waals surface area contributed by atoms with Gasteiger partial charge in [-0.2, -0.15) is 0 Å². The third-order valence-corrected chi connectivity index (χ3v) is 7.01. The molecule has 36 heavy (non-hydrogen) atoms. The van der Waals surface area contributed by atoms with Crippen molar-refractivity contribution in [3.05, 3.63) is 108 Å². The van der Waals surface area contributed by atoms with Crippen molar-refractivity contribution in [3.8, 4) is 5.75 Å². The lowest BCUT2D eigenvalue weighted by atomic mass is 9.96. The van der Waals surface area contributed by atoms with Crippen molar-refractivity contribution in [1.82, 2.24) is 14.8 Å². The summed E-state index contributed by atoms with van der Waals surface area (Å²) >= 11 is 0. The van der Waals surface area contributed by atoms with Gasteiger partial charge in [-0.3, -0.25) is 14.8 Å². The van der Waals surface area contributed by atoms with Crippen molar-refractivity contribution in [3.63, 3.8) is 0 Å². The summed E-state index contributed by atoms with van der Waals surface area (Å²) in [6.45, 7) is 6.74. The Morgan fingerprint density at radius 3 is 2.11 bits per heavy atom. The van der Waals surface area contributed by atoms with Gasteiger partial charge in [-0.05, 0) is 41.8 Å². The van der Waals surface area contributed by atoms with Gasteiger partial charge in [0.05, 0.1) is 11.6 Å². The second-order valence-electron chi connectivity index (χ2n) is 9.50. The number of nitrogens with zero attached hydrogens (tertiary/aromatic N) is 3. The molecule has 0 bridgehead atoms. The molecule has 3 aromatic carbocycles. The highest BCUT2D eigenvalue weighted by Gasteiger charge is 2.27. The molecule has 0 aliphatic carbocycles. The minimum atomic E-state index is -0.547. The van der Waals surface area contributed by atoms with Crippen molar-refractivity contribution in [2.24, 2.45) is 0 Å². The lowest BCUT2D eigenvalue weighted by Crippen LogP contribution is -2.50. The fourth-order valence-corrected chi connectivity index (χ4v) is 5.12. The number of ether oxygens (including phenoxy) is 1. The highest BCUT2D eigenvalue weighted by molar-refractivity contribution is 5.85. The number of pyridine rings is 1. The number of piperazine rings is 1. The Balaban J connectivity index is 1.17. The number of benzene rings is 3. The normalized spacial score (nSPS) is 15.9. The minimum absolute atomic E-state index is 0.246. The largest absolute Gasteiger partial charge is 0.490 e. The van der Waals surface area contributed by atoms with E-state index >= 15 is 0 Å². The van der Waals surface area contributed by atoms with Gasteiger partial charge >= 0.3 is 0 Å². The standard InChI is InChI=1S/C31H35N3O2/c1-2-26-16-17-28-29(32-26)14-9-15-30(28)36-23-27(35)22-33-18-20-34(21-19-33)31(24-10-5-3-6-11-24)25-12-7-4-8-13-25/h3-17,27,31,35H,2,18-23H2,1H3. The van der Waals surface area contributed by atoms with Crippen molar-refractivity contribution >= 4 is 10.9 Å². The van der Waals surface area contributed by atoms with E-state index in [-0.39, 0.29) is 12.6 Å². The van der Waals surface area contributed by atoms with Gasteiger partial charge in [0.15, 0.2) is 0 Å². The van der Waals surface area contributed by atoms with E-state index in [1.165, 1.54) is 11.1 Å². The molecular weight excluding hydrogens is 446 g/mol. The molecule has 186 valence electrons. The van der Waals surface area contributed by atoms with E-state index in [2.05, 4.69) is 88.4 Å². The van der Waals surface area contributed by atoms with Gasteiger partial charge in [-0.25, -0.2) is 0 Å². The predicted molar refractivity (Wildman–Crippen MR) is 145 cm³/mol. The summed E-state index contributed by atoms with van der Waals surface area (Å²) < 4.78 is 6.04. The molecule has 1 aromatic heterocycles. The van der Waals surface area contributed by atoms with Crippen LogP contribution in [0, 0.1) is 0 Å². The van der Waals surface area contributed by atoms with Gasteiger partial charge < -0.3 is 9.84 Å². The van der Waals surface area contributed by atoms with Crippen LogP contribution in [0.2, 0.25) is 0 Å². The van der Waals surface area contributed by atoms with Crippen LogP contribution in [-0.4, -0.2) is 65.3 Å². The first kappa shape index (κ1) is 24.4. The maximum absolute atomic E-state index is 10.8. The number of aliphatic hydroxyl groups excluding tert-OH is 1. The molecule has 1 aliphatic rings. The molecule has 1 aliphatic heterocycles. The molecular formula is C31H35N3O2. The minimum Gasteiger partial charge on any atom is -0.490 e. The summed E-state index contributed by atoms with van der Waals surface area (Å²) in [5, 5.41) is 11.7. The first-order valence-corrected chi connectivity index (χ1v) is 13.0. The fourth-order valence-electron chi connectivity index (χ4n) is 5.12. The van der Waals surface area contributed by atoms with Crippen LogP contribution in [0.5, 0.6) is 5.75 Å². The molecule has 5 rings (SSSR count). The average Bonchev–Trinajstić information content (AvgIpc) is 2.94. The van der Waals surface area contributed by atoms with E-state index in [1.807, 2.05) is 24.3 Å². The Morgan fingerprint density at radius 1 is 0.806 bits per heavy atom. The molecule has 1 atom stereocenters. The van der Waals surface area contributed by atoms with Crippen LogP contribution in [0.25, 0.3) is 10.9 Å². The quantitative estimate of drug-likeness (QED) is 0.367. The zero-order chi connectivity index (χ0) is 24.7. The molecule has 1 saturated heterocycles. The summed E-state index contributed by atoms with van der Waals surface area (Å²) in [7, 11) is 0. The van der Waals surface area contributed by atoms with Crippen LogP contribution >= 0.6 is 0 Å². The van der Waals surface area contributed by atoms with Crippen LogP contribution in [0.15, 0.2) is 91.0 Å². The summed E-state index contributed by atoms with van der Waals surface area (Å²) in [4.78, 5) is 9.58. The molecule has 1 N–H and O–H groups in total. The van der Waals surface area contributed by atoms with E-state index in [4.69, 9.17) is 4.74 Å². The first-order chi connectivity index (χ1) is 17.7. The Morgan fingerprint density at radius 2 is 1.47 bits per heavy atom. The third kappa shape index (κ3) is 5.76. The number of fused-ring (bicyclic) bond motifs is 1. The van der Waals surface area contributed by atoms with Crippen molar-refractivity contribution in [2.75, 3.05) is 39.3 Å². The van der Waals surface area contributed by atoms with E-state index in [9.17, 15) is 5.11 Å². The number of aromatic nitrogens is 1. The molecule has 0 amide bonds. The van der Waals surface area contributed by atoms with Crippen LogP contribution in [0.3, 0.4) is 0 Å². The van der Waals surface area contributed by atoms with Gasteiger partial charge in [-0.15, -0.1) is 0 Å². The second-order valence-corrected chi connectivity index (χ2v) is 9.50. The van der Waals surface area contributed by atoms with Gasteiger partial charge in [-0.1, -0.05) is 73.7 Å². The average molecular weight is 482 g/mol. The molecule has 5 heteroatoms. The Bertz CT molecular complexity index is 1200. The third-order valence-electron chi connectivity index (χ3n) is 7.01. The summed E-state index contributed by atoms with van der Waals surface area (Å²) in [5.41, 5.74) is 4.65. The van der Waals surface area contributed by atoms with Gasteiger partial charge in [0.25, 0.3) is 0 Å². The molecule has 0 spiro atoms. The Labute approximate surface area is 214 Å². The lowest BCUT2D eigenvalue weighted by Gasteiger charge is -2.40. The first-order valence-electron chi connectivity index (χ1n) is 13.0. The molecule has 0 radical (unpaired) electrons. The molecule has 5 nitrogen and oxygen atoms in total. The molecule has 0 saturated carbocycles. The van der Waals surface area contributed by atoms with E-state index in [0.29, 0.717) is 6.54 Å². The molecule has 1 unspecified atom stereocenters. The number of aryl methyl sites for hydroxylation is 1. The molecule has 1 fully saturated rings. The summed E-state index contributed by atoms with van der Waals surface area (Å²) in [6, 6.07) is 31.8. The van der Waals surface area contributed by atoms with Crippen molar-refractivity contribution in [2.45, 2.75) is 25.5 Å². The Kier molecular flexibility index (Phi) is 7.91. The maximum Gasteiger partial charge on any atom is 0.128 e. The topological polar surface area (TPSA) is 48.8 Å². The van der Waals surface area contributed by atoms with Crippen LogP contribution in [0.4, 0.5) is 0 Å². The van der Waals surface area contributed by atoms with Crippen LogP contribution in [0.1, 0.15) is 29.8 Å². The highest BCUT2D eigenvalue weighted by atomic mass is 16.5. The highest BCUT2D eigenvalue weighted by Crippen LogP contribution is 2.29. The van der Waals surface area contributed by atoms with E-state index in [0.717, 1.165) is 54.9 Å². The molecule has 4 aromatic rings. The lowest BCUT2D eigenvalue weighted by molar-refractivity contribution is 0.0404. The van der Waals surface area contributed by atoms with Crippen molar-refractivity contribution in [1.29, 1.82) is 0 Å². The SMILES string of the molecule is CCc1ccc2c(OCC(O)CN3CCN(C(c4ccccc4)c4ccccc4)CC3)cccc2n1. The number of hydrogen-bond donors (Lipinski definition) is 1. The fraction of sp³-hybridized carbons (Fsp3) is 0.323. The number of hydrogen-bond acceptors (Lipinski definition) is 5. The number of rotatable bonds is 9. The summed E-state index contributed by atoms with van der Waals surface area (Å²) in [6.07, 6.45) is 0.360.